The Kier molecular flexibility index (Phi) is 8.48. The van der Waals surface area contributed by atoms with Crippen LogP contribution >= 0.6 is 23.9 Å². The zero-order valence-electron chi connectivity index (χ0n) is 14.5. The second kappa shape index (κ2) is 10.6. The molecule has 0 bridgehead atoms. The minimum atomic E-state index is -0.115. The summed E-state index contributed by atoms with van der Waals surface area (Å²) in [5.41, 5.74) is 2.50. The summed E-state index contributed by atoms with van der Waals surface area (Å²) in [6.45, 7) is 1.43. The van der Waals surface area contributed by atoms with Gasteiger partial charge in [-0.05, 0) is 61.7 Å². The van der Waals surface area contributed by atoms with Crippen LogP contribution in [0.2, 0.25) is 0 Å². The summed E-state index contributed by atoms with van der Waals surface area (Å²) in [6, 6.07) is 15.5. The first-order chi connectivity index (χ1) is 12.2. The van der Waals surface area contributed by atoms with Gasteiger partial charge in [0.2, 0.25) is 0 Å². The minimum Gasteiger partial charge on any atom is -0.318 e. The third-order valence-electron chi connectivity index (χ3n) is 3.95. The fourth-order valence-corrected chi connectivity index (χ4v) is 3.29. The van der Waals surface area contributed by atoms with E-state index in [-0.39, 0.29) is 18.2 Å². The maximum Gasteiger partial charge on any atom is 0.0812 e. The van der Waals surface area contributed by atoms with E-state index in [1.807, 2.05) is 13.1 Å². The third kappa shape index (κ3) is 6.15. The highest BCUT2D eigenvalue weighted by Gasteiger charge is 2.15. The number of thioether (sulfide) groups is 1. The van der Waals surface area contributed by atoms with E-state index in [2.05, 4.69) is 41.2 Å². The van der Waals surface area contributed by atoms with Crippen molar-refractivity contribution in [2.75, 3.05) is 26.4 Å². The van der Waals surface area contributed by atoms with Crippen molar-refractivity contribution in [2.24, 2.45) is 0 Å². The molecule has 2 aromatic carbocycles. The van der Waals surface area contributed by atoms with Crippen LogP contribution in [0.3, 0.4) is 0 Å². The SMILES string of the molecule is CNCC(NCCc1ccc(SC)cc1)C(=N)c1cccc(SF)c1. The molecule has 2 aromatic rings. The average molecular weight is 378 g/mol. The molecule has 0 aliphatic rings. The number of halogens is 1. The topological polar surface area (TPSA) is 47.9 Å². The van der Waals surface area contributed by atoms with Gasteiger partial charge in [0, 0.05) is 16.3 Å². The molecule has 134 valence electrons. The lowest BCUT2D eigenvalue weighted by Gasteiger charge is -2.20. The van der Waals surface area contributed by atoms with Gasteiger partial charge in [-0.2, -0.15) is 3.89 Å². The number of nitrogens with one attached hydrogen (secondary N) is 3. The van der Waals surface area contributed by atoms with Crippen LogP contribution in [0.15, 0.2) is 58.3 Å². The molecule has 3 nitrogen and oxygen atoms in total. The Morgan fingerprint density at radius 1 is 1.16 bits per heavy atom. The first-order valence-electron chi connectivity index (χ1n) is 8.16. The first kappa shape index (κ1) is 20.0. The largest absolute Gasteiger partial charge is 0.318 e. The molecule has 6 heteroatoms. The highest BCUT2D eigenvalue weighted by atomic mass is 32.2. The molecule has 0 aliphatic heterocycles. The van der Waals surface area contributed by atoms with Crippen LogP contribution in [-0.4, -0.2) is 38.1 Å². The normalized spacial score (nSPS) is 12.1. The van der Waals surface area contributed by atoms with Crippen molar-refractivity contribution in [3.63, 3.8) is 0 Å². The Balaban J connectivity index is 1.95. The molecule has 0 amide bonds. The third-order valence-corrected chi connectivity index (χ3v) is 5.13. The van der Waals surface area contributed by atoms with Crippen molar-refractivity contribution in [2.45, 2.75) is 22.3 Å². The molecule has 0 fully saturated rings. The van der Waals surface area contributed by atoms with Gasteiger partial charge in [0.1, 0.15) is 0 Å². The maximum absolute atomic E-state index is 12.8. The Bertz CT molecular complexity index is 677. The summed E-state index contributed by atoms with van der Waals surface area (Å²) in [5.74, 6) is 0. The summed E-state index contributed by atoms with van der Waals surface area (Å²) in [4.78, 5) is 1.79. The van der Waals surface area contributed by atoms with Crippen LogP contribution in [0.5, 0.6) is 0 Å². The standard InChI is InChI=1S/C19H24FN3S2/c1-22-13-18(19(21)15-4-3-5-17(12-15)25-20)23-11-10-14-6-8-16(24-2)9-7-14/h3-9,12,18,21-23H,10-11,13H2,1-2H3. The zero-order valence-corrected chi connectivity index (χ0v) is 16.1. The molecule has 3 N–H and O–H groups in total. The van der Waals surface area contributed by atoms with Crippen molar-refractivity contribution >= 4 is 29.6 Å². The van der Waals surface area contributed by atoms with Gasteiger partial charge in [-0.1, -0.05) is 24.3 Å². The molecule has 0 saturated carbocycles. The van der Waals surface area contributed by atoms with Crippen molar-refractivity contribution in [3.8, 4) is 0 Å². The molecule has 0 aliphatic carbocycles. The van der Waals surface area contributed by atoms with Crippen molar-refractivity contribution in [1.29, 1.82) is 5.41 Å². The predicted molar refractivity (Wildman–Crippen MR) is 108 cm³/mol. The van der Waals surface area contributed by atoms with Crippen LogP contribution in [0.4, 0.5) is 3.89 Å². The number of hydrogen-bond acceptors (Lipinski definition) is 5. The molecular formula is C19H24FN3S2. The van der Waals surface area contributed by atoms with Gasteiger partial charge in [0.25, 0.3) is 0 Å². The van der Waals surface area contributed by atoms with Gasteiger partial charge in [0.05, 0.1) is 23.9 Å². The monoisotopic (exact) mass is 377 g/mol. The van der Waals surface area contributed by atoms with E-state index in [4.69, 9.17) is 5.41 Å². The number of likely N-dealkylation sites (N-methyl/N-ethyl adjacent to an activating group) is 1. The van der Waals surface area contributed by atoms with Gasteiger partial charge in [-0.3, -0.25) is 0 Å². The summed E-state index contributed by atoms with van der Waals surface area (Å²) in [7, 11) is 1.87. The van der Waals surface area contributed by atoms with Gasteiger partial charge in [0.15, 0.2) is 0 Å². The second-order valence-electron chi connectivity index (χ2n) is 5.68. The van der Waals surface area contributed by atoms with E-state index in [1.54, 1.807) is 30.0 Å². The van der Waals surface area contributed by atoms with Crippen LogP contribution in [0.25, 0.3) is 0 Å². The predicted octanol–water partition coefficient (Wildman–Crippen LogP) is 4.17. The van der Waals surface area contributed by atoms with Gasteiger partial charge in [-0.25, -0.2) is 0 Å². The van der Waals surface area contributed by atoms with Crippen LogP contribution in [0.1, 0.15) is 11.1 Å². The zero-order chi connectivity index (χ0) is 18.1. The lowest BCUT2D eigenvalue weighted by atomic mass is 10.0. The van der Waals surface area contributed by atoms with E-state index < -0.39 is 0 Å². The molecule has 0 aromatic heterocycles. The van der Waals surface area contributed by atoms with Gasteiger partial charge < -0.3 is 16.0 Å². The minimum absolute atomic E-state index is 0.115. The van der Waals surface area contributed by atoms with E-state index in [9.17, 15) is 3.89 Å². The molecule has 25 heavy (non-hydrogen) atoms. The fraction of sp³-hybridized carbons (Fsp3) is 0.316. The van der Waals surface area contributed by atoms with Gasteiger partial charge in [-0.15, -0.1) is 11.8 Å². The highest BCUT2D eigenvalue weighted by Crippen LogP contribution is 2.20. The molecule has 0 saturated heterocycles. The summed E-state index contributed by atoms with van der Waals surface area (Å²) < 4.78 is 12.8. The maximum atomic E-state index is 12.8. The van der Waals surface area contributed by atoms with E-state index in [1.165, 1.54) is 10.5 Å². The number of hydrogen-bond donors (Lipinski definition) is 3. The van der Waals surface area contributed by atoms with Crippen LogP contribution in [-0.2, 0) is 6.42 Å². The highest BCUT2D eigenvalue weighted by molar-refractivity contribution is 7.98. The number of benzene rings is 2. The Hall–Kier alpha value is -1.34. The molecule has 1 atom stereocenters. The smallest absolute Gasteiger partial charge is 0.0812 e. The summed E-state index contributed by atoms with van der Waals surface area (Å²) >= 11 is 1.95. The van der Waals surface area contributed by atoms with E-state index >= 15 is 0 Å². The van der Waals surface area contributed by atoms with Gasteiger partial charge >= 0.3 is 0 Å². The average Bonchev–Trinajstić information content (AvgIpc) is 2.67. The van der Waals surface area contributed by atoms with Crippen LogP contribution in [0, 0.1) is 5.41 Å². The fourth-order valence-electron chi connectivity index (χ4n) is 2.58. The molecule has 0 heterocycles. The Morgan fingerprint density at radius 2 is 1.92 bits per heavy atom. The van der Waals surface area contributed by atoms with E-state index in [0.29, 0.717) is 17.2 Å². The van der Waals surface area contributed by atoms with Crippen LogP contribution < -0.4 is 10.6 Å². The lowest BCUT2D eigenvalue weighted by Crippen LogP contribution is -2.44. The van der Waals surface area contributed by atoms with Crippen molar-refractivity contribution in [1.82, 2.24) is 10.6 Å². The van der Waals surface area contributed by atoms with Crippen molar-refractivity contribution in [3.05, 3.63) is 59.7 Å². The molecule has 1 unspecified atom stereocenters. The molecule has 0 radical (unpaired) electrons. The quantitative estimate of drug-likeness (QED) is 0.430. The first-order valence-corrected chi connectivity index (χ1v) is 10.1. The summed E-state index contributed by atoms with van der Waals surface area (Å²) in [6.07, 6.45) is 2.98. The molecular weight excluding hydrogens is 353 g/mol. The molecule has 2 rings (SSSR count). The summed E-state index contributed by atoms with van der Waals surface area (Å²) in [5, 5.41) is 15.0. The Labute approximate surface area is 158 Å². The Morgan fingerprint density at radius 3 is 2.56 bits per heavy atom. The van der Waals surface area contributed by atoms with Crippen molar-refractivity contribution < 1.29 is 3.89 Å². The molecule has 0 spiro atoms. The second-order valence-corrected chi connectivity index (χ2v) is 7.19. The van der Waals surface area contributed by atoms with E-state index in [0.717, 1.165) is 18.5 Å². The number of rotatable bonds is 10. The lowest BCUT2D eigenvalue weighted by molar-refractivity contribution is 0.585.